The predicted molar refractivity (Wildman–Crippen MR) is 45.8 cm³/mol. The van der Waals surface area contributed by atoms with Gasteiger partial charge in [-0.2, -0.15) is 5.01 Å². The zero-order chi connectivity index (χ0) is 10.1. The second kappa shape index (κ2) is 2.95. The number of nitrogens with one attached hydrogen (secondary N) is 1. The Morgan fingerprint density at radius 2 is 1.57 bits per heavy atom. The summed E-state index contributed by atoms with van der Waals surface area (Å²) in [7, 11) is 0. The molecule has 0 saturated heterocycles. The molecule has 14 heavy (non-hydrogen) atoms. The maximum absolute atomic E-state index is 11.5. The van der Waals surface area contributed by atoms with Crippen LogP contribution in [0.4, 0.5) is 0 Å². The van der Waals surface area contributed by atoms with E-state index in [1.165, 1.54) is 18.5 Å². The molecule has 0 aromatic heterocycles. The highest BCUT2D eigenvalue weighted by Gasteiger charge is 2.35. The zero-order valence-corrected chi connectivity index (χ0v) is 6.98. The van der Waals surface area contributed by atoms with Crippen LogP contribution < -0.4 is 5.43 Å². The molecule has 5 heteroatoms. The van der Waals surface area contributed by atoms with Gasteiger partial charge in [0.25, 0.3) is 11.8 Å². The molecule has 5 nitrogen and oxygen atoms in total. The molecule has 0 saturated carbocycles. The molecular formula is C9H5N2O3. The molecule has 1 aromatic rings. The number of benzene rings is 1. The smallest absolute Gasteiger partial charge is 0.267 e. The Bertz CT molecular complexity index is 393. The first-order valence-electron chi connectivity index (χ1n) is 3.86. The summed E-state index contributed by atoms with van der Waals surface area (Å²) in [5, 5.41) is 0.637. The first-order valence-corrected chi connectivity index (χ1v) is 3.86. The standard InChI is InChI=1S/C9H5N2O3/c12-5-10-11-8(13)6-3-1-2-4-7(6)9(11)14/h1-4H,(H,10,12). The van der Waals surface area contributed by atoms with Crippen molar-refractivity contribution < 1.29 is 14.4 Å². The molecule has 0 bridgehead atoms. The summed E-state index contributed by atoms with van der Waals surface area (Å²) in [6.45, 7) is 0. The third kappa shape index (κ3) is 0.990. The summed E-state index contributed by atoms with van der Waals surface area (Å²) in [4.78, 5) is 32.9. The van der Waals surface area contributed by atoms with E-state index in [-0.39, 0.29) is 0 Å². The number of carbonyl (C=O) groups excluding carboxylic acids is 3. The molecule has 2 rings (SSSR count). The molecule has 1 radical (unpaired) electrons. The molecule has 3 amide bonds. The Hall–Kier alpha value is -2.17. The van der Waals surface area contributed by atoms with E-state index >= 15 is 0 Å². The van der Waals surface area contributed by atoms with Gasteiger partial charge in [-0.05, 0) is 12.1 Å². The second-order valence-electron chi connectivity index (χ2n) is 2.71. The molecule has 0 atom stereocenters. The lowest BCUT2D eigenvalue weighted by atomic mass is 10.1. The Morgan fingerprint density at radius 3 is 2.00 bits per heavy atom. The highest BCUT2D eigenvalue weighted by molar-refractivity contribution is 6.21. The highest BCUT2D eigenvalue weighted by Crippen LogP contribution is 2.20. The fraction of sp³-hybridized carbons (Fsp3) is 0. The van der Waals surface area contributed by atoms with Crippen molar-refractivity contribution in [3.8, 4) is 0 Å². The van der Waals surface area contributed by atoms with Gasteiger partial charge in [0.05, 0.1) is 11.1 Å². The molecule has 69 valence electrons. The van der Waals surface area contributed by atoms with Crippen LogP contribution in [0.3, 0.4) is 0 Å². The predicted octanol–water partition coefficient (Wildman–Crippen LogP) is -0.146. The molecule has 1 aliphatic heterocycles. The number of nitrogens with zero attached hydrogens (tertiary/aromatic N) is 1. The quantitative estimate of drug-likeness (QED) is 0.520. The van der Waals surface area contributed by atoms with Crippen molar-refractivity contribution in [2.24, 2.45) is 0 Å². The fourth-order valence-corrected chi connectivity index (χ4v) is 1.34. The van der Waals surface area contributed by atoms with E-state index in [1.54, 1.807) is 12.1 Å². The summed E-state index contributed by atoms with van der Waals surface area (Å²) in [6.07, 6.45) is 1.29. The number of imide groups is 1. The van der Waals surface area contributed by atoms with Gasteiger partial charge in [-0.1, -0.05) is 12.1 Å². The van der Waals surface area contributed by atoms with Crippen LogP contribution in [0.25, 0.3) is 0 Å². The first kappa shape index (κ1) is 8.43. The Morgan fingerprint density at radius 1 is 1.07 bits per heavy atom. The van der Waals surface area contributed by atoms with E-state index in [0.717, 1.165) is 0 Å². The van der Waals surface area contributed by atoms with Crippen LogP contribution in [0.5, 0.6) is 0 Å². The van der Waals surface area contributed by atoms with Crippen molar-refractivity contribution in [1.82, 2.24) is 10.4 Å². The third-order valence-electron chi connectivity index (χ3n) is 1.95. The SMILES string of the molecule is O=[C]NN1C(=O)c2ccccc2C1=O. The minimum atomic E-state index is -0.533. The van der Waals surface area contributed by atoms with Crippen molar-refractivity contribution >= 4 is 18.2 Å². The zero-order valence-electron chi connectivity index (χ0n) is 6.98. The van der Waals surface area contributed by atoms with Gasteiger partial charge in [-0.3, -0.25) is 14.4 Å². The van der Waals surface area contributed by atoms with Gasteiger partial charge in [-0.15, -0.1) is 0 Å². The van der Waals surface area contributed by atoms with Crippen LogP contribution in [0, 0.1) is 0 Å². The molecule has 0 unspecified atom stereocenters. The average molecular weight is 189 g/mol. The van der Waals surface area contributed by atoms with Gasteiger partial charge >= 0.3 is 6.41 Å². The van der Waals surface area contributed by atoms with Crippen LogP contribution in [0.15, 0.2) is 24.3 Å². The summed E-state index contributed by atoms with van der Waals surface area (Å²) in [5.41, 5.74) is 2.50. The van der Waals surface area contributed by atoms with Crippen molar-refractivity contribution in [1.29, 1.82) is 0 Å². The summed E-state index contributed by atoms with van der Waals surface area (Å²) in [5.74, 6) is -1.07. The van der Waals surface area contributed by atoms with E-state index < -0.39 is 11.8 Å². The van der Waals surface area contributed by atoms with Crippen LogP contribution in [-0.2, 0) is 4.79 Å². The van der Waals surface area contributed by atoms with E-state index in [1.807, 2.05) is 5.43 Å². The molecule has 0 spiro atoms. The lowest BCUT2D eigenvalue weighted by Gasteiger charge is -2.08. The normalized spacial score (nSPS) is 14.1. The second-order valence-corrected chi connectivity index (χ2v) is 2.71. The van der Waals surface area contributed by atoms with Crippen LogP contribution >= 0.6 is 0 Å². The van der Waals surface area contributed by atoms with Gasteiger partial charge in [0.1, 0.15) is 0 Å². The number of rotatable bonds is 2. The molecule has 1 heterocycles. The van der Waals surface area contributed by atoms with Crippen LogP contribution in [0.1, 0.15) is 20.7 Å². The Balaban J connectivity index is 2.48. The van der Waals surface area contributed by atoms with Crippen LogP contribution in [0.2, 0.25) is 0 Å². The number of hydrogen-bond acceptors (Lipinski definition) is 3. The van der Waals surface area contributed by atoms with E-state index in [4.69, 9.17) is 0 Å². The number of hydrazine groups is 1. The minimum Gasteiger partial charge on any atom is -0.267 e. The van der Waals surface area contributed by atoms with Gasteiger partial charge in [0.2, 0.25) is 0 Å². The summed E-state index contributed by atoms with van der Waals surface area (Å²) in [6, 6.07) is 6.36. The lowest BCUT2D eigenvalue weighted by molar-refractivity contribution is 0.0609. The molecule has 1 aliphatic rings. The van der Waals surface area contributed by atoms with Crippen molar-refractivity contribution in [3.05, 3.63) is 35.4 Å². The minimum absolute atomic E-state index is 0.292. The Labute approximate surface area is 79.3 Å². The maximum atomic E-state index is 11.5. The van der Waals surface area contributed by atoms with E-state index in [2.05, 4.69) is 0 Å². The van der Waals surface area contributed by atoms with Gasteiger partial charge in [-0.25, -0.2) is 5.43 Å². The third-order valence-corrected chi connectivity index (χ3v) is 1.95. The largest absolute Gasteiger partial charge is 0.330 e. The van der Waals surface area contributed by atoms with Gasteiger partial charge in [0, 0.05) is 0 Å². The van der Waals surface area contributed by atoms with E-state index in [0.29, 0.717) is 16.1 Å². The number of fused-ring (bicyclic) bond motifs is 1. The molecule has 0 aliphatic carbocycles. The number of amides is 3. The van der Waals surface area contributed by atoms with Crippen molar-refractivity contribution in [2.45, 2.75) is 0 Å². The number of carbonyl (C=O) groups is 2. The molecule has 1 N–H and O–H groups in total. The summed E-state index contributed by atoms with van der Waals surface area (Å²) >= 11 is 0. The topological polar surface area (TPSA) is 66.5 Å². The maximum Gasteiger partial charge on any atom is 0.330 e. The van der Waals surface area contributed by atoms with Crippen molar-refractivity contribution in [2.75, 3.05) is 0 Å². The Kier molecular flexibility index (Phi) is 1.78. The van der Waals surface area contributed by atoms with Gasteiger partial charge in [0.15, 0.2) is 0 Å². The van der Waals surface area contributed by atoms with Crippen LogP contribution in [-0.4, -0.2) is 23.2 Å². The van der Waals surface area contributed by atoms with Crippen molar-refractivity contribution in [3.63, 3.8) is 0 Å². The first-order chi connectivity index (χ1) is 6.75. The molecular weight excluding hydrogens is 184 g/mol. The highest BCUT2D eigenvalue weighted by atomic mass is 16.2. The summed E-state index contributed by atoms with van der Waals surface area (Å²) < 4.78 is 0. The fourth-order valence-electron chi connectivity index (χ4n) is 1.34. The molecule has 0 fully saturated rings. The molecule has 1 aromatic carbocycles. The lowest BCUT2D eigenvalue weighted by Crippen LogP contribution is -2.41. The van der Waals surface area contributed by atoms with E-state index in [9.17, 15) is 14.4 Å². The van der Waals surface area contributed by atoms with Gasteiger partial charge < -0.3 is 0 Å². The monoisotopic (exact) mass is 189 g/mol. The number of hydrogen-bond donors (Lipinski definition) is 1. The average Bonchev–Trinajstić information content (AvgIpc) is 2.45.